The molecular formula is C15H20O7S. The van der Waals surface area contributed by atoms with Crippen LogP contribution in [0.25, 0.3) is 0 Å². The fourth-order valence-corrected chi connectivity index (χ4v) is 3.53. The molecule has 2 rings (SSSR count). The predicted octanol–water partition coefficient (Wildman–Crippen LogP) is -0.000500. The van der Waals surface area contributed by atoms with Gasteiger partial charge in [0.25, 0.3) is 0 Å². The second-order valence-electron chi connectivity index (χ2n) is 5.21. The number of thioether (sulfide) groups is 1. The van der Waals surface area contributed by atoms with E-state index in [0.717, 1.165) is 11.8 Å². The van der Waals surface area contributed by atoms with Crippen molar-refractivity contribution in [2.45, 2.75) is 36.0 Å². The molecule has 1 aliphatic rings. The summed E-state index contributed by atoms with van der Waals surface area (Å²) >= 11 is 1.08. The van der Waals surface area contributed by atoms with Crippen LogP contribution in [0, 0.1) is 0 Å². The van der Waals surface area contributed by atoms with Crippen molar-refractivity contribution in [2.24, 2.45) is 0 Å². The van der Waals surface area contributed by atoms with Crippen LogP contribution in [0.1, 0.15) is 10.8 Å². The van der Waals surface area contributed by atoms with Crippen molar-refractivity contribution in [1.82, 2.24) is 0 Å². The maximum absolute atomic E-state index is 11.5. The predicted molar refractivity (Wildman–Crippen MR) is 83.0 cm³/mol. The van der Waals surface area contributed by atoms with Crippen LogP contribution in [0.2, 0.25) is 0 Å². The second kappa shape index (κ2) is 8.09. The van der Waals surface area contributed by atoms with Crippen LogP contribution in [-0.2, 0) is 14.3 Å². The molecule has 0 aromatic heterocycles. The number of aliphatic hydroxyl groups excluding tert-OH is 3. The third-order valence-corrected chi connectivity index (χ3v) is 4.98. The normalized spacial score (nSPS) is 32.4. The standard InChI is InChI=1S/C15H20O7S/c1-21-15-12(18)11(17)10(16)9(22-15)7-23-13(14(19)20)8-5-3-2-4-6-8/h2-6,9-13,15-18H,7H2,1H3,(H,19,20)/t9-,10+,11-,12-,13?,15+/m0/s1. The number of benzene rings is 1. The Morgan fingerprint density at radius 3 is 2.43 bits per heavy atom. The first-order valence-electron chi connectivity index (χ1n) is 7.07. The number of aliphatic hydroxyl groups is 3. The molecule has 0 radical (unpaired) electrons. The maximum Gasteiger partial charge on any atom is 0.321 e. The van der Waals surface area contributed by atoms with Gasteiger partial charge in [0, 0.05) is 12.9 Å². The van der Waals surface area contributed by atoms with Crippen LogP contribution in [0.5, 0.6) is 0 Å². The van der Waals surface area contributed by atoms with E-state index in [2.05, 4.69) is 0 Å². The van der Waals surface area contributed by atoms with Crippen molar-refractivity contribution in [3.05, 3.63) is 35.9 Å². The van der Waals surface area contributed by atoms with Gasteiger partial charge >= 0.3 is 5.97 Å². The quantitative estimate of drug-likeness (QED) is 0.570. The third-order valence-electron chi connectivity index (χ3n) is 3.65. The molecule has 0 spiro atoms. The zero-order valence-corrected chi connectivity index (χ0v) is 13.3. The molecule has 128 valence electrons. The largest absolute Gasteiger partial charge is 0.480 e. The summed E-state index contributed by atoms with van der Waals surface area (Å²) in [7, 11) is 1.31. The molecule has 8 heteroatoms. The lowest BCUT2D eigenvalue weighted by Gasteiger charge is -2.39. The van der Waals surface area contributed by atoms with Crippen molar-refractivity contribution in [3.8, 4) is 0 Å². The molecule has 7 nitrogen and oxygen atoms in total. The fraction of sp³-hybridized carbons (Fsp3) is 0.533. The Morgan fingerprint density at radius 1 is 1.22 bits per heavy atom. The number of hydrogen-bond donors (Lipinski definition) is 4. The molecule has 0 bridgehead atoms. The molecule has 4 N–H and O–H groups in total. The van der Waals surface area contributed by atoms with E-state index in [0.29, 0.717) is 5.56 Å². The molecule has 0 aliphatic carbocycles. The summed E-state index contributed by atoms with van der Waals surface area (Å²) in [4.78, 5) is 11.5. The molecule has 1 unspecified atom stereocenters. The Bertz CT molecular complexity index is 510. The Balaban J connectivity index is 2.04. The minimum Gasteiger partial charge on any atom is -0.480 e. The zero-order valence-electron chi connectivity index (χ0n) is 12.5. The molecule has 0 amide bonds. The van der Waals surface area contributed by atoms with Gasteiger partial charge in [-0.05, 0) is 5.56 Å². The monoisotopic (exact) mass is 344 g/mol. The highest BCUT2D eigenvalue weighted by Crippen LogP contribution is 2.32. The van der Waals surface area contributed by atoms with E-state index < -0.39 is 41.9 Å². The molecule has 23 heavy (non-hydrogen) atoms. The number of carbonyl (C=O) groups is 1. The van der Waals surface area contributed by atoms with E-state index in [9.17, 15) is 25.2 Å². The van der Waals surface area contributed by atoms with Crippen LogP contribution >= 0.6 is 11.8 Å². The Kier molecular flexibility index (Phi) is 6.40. The maximum atomic E-state index is 11.5. The minimum absolute atomic E-state index is 0.122. The molecular weight excluding hydrogens is 324 g/mol. The van der Waals surface area contributed by atoms with Crippen molar-refractivity contribution in [3.63, 3.8) is 0 Å². The molecule has 6 atom stereocenters. The number of hydrogen-bond acceptors (Lipinski definition) is 7. The topological polar surface area (TPSA) is 116 Å². The number of carboxylic acid groups (broad SMARTS) is 1. The van der Waals surface area contributed by atoms with Crippen LogP contribution in [0.4, 0.5) is 0 Å². The van der Waals surface area contributed by atoms with Crippen LogP contribution in [0.15, 0.2) is 30.3 Å². The van der Waals surface area contributed by atoms with Gasteiger partial charge < -0.3 is 29.9 Å². The molecule has 1 aromatic carbocycles. The highest BCUT2D eigenvalue weighted by Gasteiger charge is 2.44. The number of rotatable bonds is 6. The van der Waals surface area contributed by atoms with E-state index >= 15 is 0 Å². The SMILES string of the molecule is CO[C@@H]1O[C@@H](CSC(C(=O)O)c2ccccc2)[C@@H](O)[C@H](O)[C@@H]1O. The molecule has 1 heterocycles. The lowest BCUT2D eigenvalue weighted by atomic mass is 10.00. The fourth-order valence-electron chi connectivity index (χ4n) is 2.38. The van der Waals surface area contributed by atoms with Gasteiger partial charge in [0.2, 0.25) is 0 Å². The van der Waals surface area contributed by atoms with E-state index in [1.807, 2.05) is 0 Å². The van der Waals surface area contributed by atoms with Crippen molar-refractivity contribution in [1.29, 1.82) is 0 Å². The summed E-state index contributed by atoms with van der Waals surface area (Å²) in [6.07, 6.45) is -6.03. The van der Waals surface area contributed by atoms with Crippen molar-refractivity contribution in [2.75, 3.05) is 12.9 Å². The summed E-state index contributed by atoms with van der Waals surface area (Å²) < 4.78 is 10.3. The van der Waals surface area contributed by atoms with Gasteiger partial charge in [0.1, 0.15) is 23.6 Å². The Hall–Kier alpha value is -1.16. The molecule has 1 aliphatic heterocycles. The second-order valence-corrected chi connectivity index (χ2v) is 6.35. The highest BCUT2D eigenvalue weighted by atomic mass is 32.2. The smallest absolute Gasteiger partial charge is 0.321 e. The first-order chi connectivity index (χ1) is 11.0. The van der Waals surface area contributed by atoms with Crippen LogP contribution in [-0.4, -0.2) is 70.0 Å². The number of carboxylic acids is 1. The van der Waals surface area contributed by atoms with Crippen LogP contribution in [0.3, 0.4) is 0 Å². The van der Waals surface area contributed by atoms with Gasteiger partial charge in [-0.2, -0.15) is 0 Å². The van der Waals surface area contributed by atoms with Gasteiger partial charge in [0.15, 0.2) is 6.29 Å². The molecule has 1 saturated heterocycles. The number of methoxy groups -OCH3 is 1. The summed E-state index contributed by atoms with van der Waals surface area (Å²) in [5.41, 5.74) is 0.624. The summed E-state index contributed by atoms with van der Waals surface area (Å²) in [5.74, 6) is -0.883. The summed E-state index contributed by atoms with van der Waals surface area (Å²) in [5, 5.41) is 38.1. The average Bonchev–Trinajstić information content (AvgIpc) is 2.55. The summed E-state index contributed by atoms with van der Waals surface area (Å²) in [6, 6.07) is 8.71. The molecule has 1 fully saturated rings. The first kappa shape index (κ1) is 18.2. The summed E-state index contributed by atoms with van der Waals surface area (Å²) in [6.45, 7) is 0. The minimum atomic E-state index is -1.42. The van der Waals surface area contributed by atoms with E-state index in [4.69, 9.17) is 9.47 Å². The molecule has 0 saturated carbocycles. The number of ether oxygens (including phenoxy) is 2. The lowest BCUT2D eigenvalue weighted by Crippen LogP contribution is -2.58. The first-order valence-corrected chi connectivity index (χ1v) is 8.12. The van der Waals surface area contributed by atoms with E-state index in [-0.39, 0.29) is 5.75 Å². The lowest BCUT2D eigenvalue weighted by molar-refractivity contribution is -0.284. The van der Waals surface area contributed by atoms with Crippen LogP contribution < -0.4 is 0 Å². The molecule has 1 aromatic rings. The van der Waals surface area contributed by atoms with E-state index in [1.165, 1.54) is 7.11 Å². The van der Waals surface area contributed by atoms with Crippen molar-refractivity contribution >= 4 is 17.7 Å². The Labute approximate surface area is 137 Å². The van der Waals surface area contributed by atoms with Crippen molar-refractivity contribution < 1.29 is 34.7 Å². The van der Waals surface area contributed by atoms with E-state index in [1.54, 1.807) is 30.3 Å². The Morgan fingerprint density at radius 2 is 1.87 bits per heavy atom. The average molecular weight is 344 g/mol. The number of aliphatic carboxylic acids is 1. The van der Waals surface area contributed by atoms with Gasteiger partial charge in [0.05, 0.1) is 6.10 Å². The highest BCUT2D eigenvalue weighted by molar-refractivity contribution is 8.00. The third kappa shape index (κ3) is 4.23. The van der Waals surface area contributed by atoms with Gasteiger partial charge in [-0.3, -0.25) is 4.79 Å². The zero-order chi connectivity index (χ0) is 17.0. The van der Waals surface area contributed by atoms with Gasteiger partial charge in [-0.1, -0.05) is 30.3 Å². The van der Waals surface area contributed by atoms with Gasteiger partial charge in [-0.15, -0.1) is 11.8 Å². The van der Waals surface area contributed by atoms with Gasteiger partial charge in [-0.25, -0.2) is 0 Å².